The smallest absolute Gasteiger partial charge is 0.242 e. The molecule has 2 amide bonds. The van der Waals surface area contributed by atoms with Gasteiger partial charge in [0.25, 0.3) is 0 Å². The molecule has 0 saturated carbocycles. The second-order valence-corrected chi connectivity index (χ2v) is 4.25. The normalized spacial score (nSPS) is 30.4. The summed E-state index contributed by atoms with van der Waals surface area (Å²) in [5.41, 5.74) is 5.22. The van der Waals surface area contributed by atoms with Crippen molar-refractivity contribution in [1.29, 1.82) is 0 Å². The molecule has 0 aromatic carbocycles. The van der Waals surface area contributed by atoms with Crippen molar-refractivity contribution in [3.05, 3.63) is 0 Å². The van der Waals surface area contributed by atoms with Gasteiger partial charge in [0.05, 0.1) is 19.1 Å². The first-order valence-corrected chi connectivity index (χ1v) is 5.57. The molecular formula is C10H17N3O3. The maximum atomic E-state index is 12.0. The van der Waals surface area contributed by atoms with Crippen LogP contribution in [0.5, 0.6) is 0 Å². The van der Waals surface area contributed by atoms with Gasteiger partial charge < -0.3 is 20.7 Å². The summed E-state index contributed by atoms with van der Waals surface area (Å²) in [5, 5.41) is 3.11. The lowest BCUT2D eigenvalue weighted by Crippen LogP contribution is -2.52. The Morgan fingerprint density at radius 1 is 1.44 bits per heavy atom. The third-order valence-corrected chi connectivity index (χ3v) is 3.12. The molecule has 6 nitrogen and oxygen atoms in total. The van der Waals surface area contributed by atoms with Crippen LogP contribution in [0.15, 0.2) is 0 Å². The van der Waals surface area contributed by atoms with E-state index in [1.807, 2.05) is 0 Å². The van der Waals surface area contributed by atoms with Gasteiger partial charge in [-0.15, -0.1) is 0 Å². The molecule has 0 aromatic heterocycles. The molecule has 6 heteroatoms. The number of carbonyl (C=O) groups excluding carboxylic acids is 2. The van der Waals surface area contributed by atoms with Gasteiger partial charge in [0.15, 0.2) is 0 Å². The Balaban J connectivity index is 1.88. The molecule has 3 N–H and O–H groups in total. The Kier molecular flexibility index (Phi) is 3.40. The Hall–Kier alpha value is -1.14. The summed E-state index contributed by atoms with van der Waals surface area (Å²) >= 11 is 0. The maximum absolute atomic E-state index is 12.0. The minimum atomic E-state index is -0.317. The Morgan fingerprint density at radius 2 is 2.25 bits per heavy atom. The van der Waals surface area contributed by atoms with Gasteiger partial charge >= 0.3 is 0 Å². The van der Waals surface area contributed by atoms with Gasteiger partial charge in [-0.1, -0.05) is 0 Å². The zero-order valence-corrected chi connectivity index (χ0v) is 9.15. The standard InChI is InChI=1S/C10H17N3O3/c11-9(14)7-1-3-13(5-7)10(15)8-6-16-4-2-12-8/h7-8,12H,1-6H2,(H2,11,14). The van der Waals surface area contributed by atoms with E-state index >= 15 is 0 Å². The van der Waals surface area contributed by atoms with Gasteiger partial charge in [-0.3, -0.25) is 9.59 Å². The van der Waals surface area contributed by atoms with Crippen LogP contribution in [0, 0.1) is 5.92 Å². The SMILES string of the molecule is NC(=O)C1CCN(C(=O)C2COCCN2)C1. The summed E-state index contributed by atoms with van der Waals surface area (Å²) in [6.07, 6.45) is 0.675. The van der Waals surface area contributed by atoms with Crippen molar-refractivity contribution in [3.8, 4) is 0 Å². The molecule has 2 heterocycles. The van der Waals surface area contributed by atoms with Crippen molar-refractivity contribution >= 4 is 11.8 Å². The monoisotopic (exact) mass is 227 g/mol. The van der Waals surface area contributed by atoms with E-state index in [1.54, 1.807) is 4.90 Å². The van der Waals surface area contributed by atoms with Gasteiger partial charge in [-0.2, -0.15) is 0 Å². The van der Waals surface area contributed by atoms with E-state index in [0.29, 0.717) is 39.3 Å². The third kappa shape index (κ3) is 2.33. The van der Waals surface area contributed by atoms with Crippen LogP contribution in [-0.4, -0.2) is 55.6 Å². The van der Waals surface area contributed by atoms with Gasteiger partial charge in [-0.25, -0.2) is 0 Å². The molecule has 0 bridgehead atoms. The van der Waals surface area contributed by atoms with Crippen molar-refractivity contribution in [2.24, 2.45) is 11.7 Å². The quantitative estimate of drug-likeness (QED) is 0.589. The highest BCUT2D eigenvalue weighted by Gasteiger charge is 2.33. The molecule has 0 spiro atoms. The average Bonchev–Trinajstić information content (AvgIpc) is 2.78. The molecule has 0 aliphatic carbocycles. The summed E-state index contributed by atoms with van der Waals surface area (Å²) in [5.74, 6) is -0.486. The van der Waals surface area contributed by atoms with E-state index in [2.05, 4.69) is 5.32 Å². The Bertz CT molecular complexity index is 289. The van der Waals surface area contributed by atoms with Gasteiger partial charge in [0.1, 0.15) is 6.04 Å². The summed E-state index contributed by atoms with van der Waals surface area (Å²) in [7, 11) is 0. The van der Waals surface area contributed by atoms with Gasteiger partial charge in [0.2, 0.25) is 11.8 Å². The number of rotatable bonds is 2. The predicted molar refractivity (Wildman–Crippen MR) is 56.5 cm³/mol. The molecule has 2 saturated heterocycles. The van der Waals surface area contributed by atoms with Crippen LogP contribution in [0.3, 0.4) is 0 Å². The first-order valence-electron chi connectivity index (χ1n) is 5.57. The number of morpholine rings is 1. The van der Waals surface area contributed by atoms with E-state index in [1.165, 1.54) is 0 Å². The van der Waals surface area contributed by atoms with Crippen LogP contribution in [0.25, 0.3) is 0 Å². The lowest BCUT2D eigenvalue weighted by atomic mass is 10.1. The van der Waals surface area contributed by atoms with Crippen LogP contribution in [0.2, 0.25) is 0 Å². The van der Waals surface area contributed by atoms with Crippen molar-refractivity contribution in [2.45, 2.75) is 12.5 Å². The van der Waals surface area contributed by atoms with Gasteiger partial charge in [0, 0.05) is 19.6 Å². The average molecular weight is 227 g/mol. The van der Waals surface area contributed by atoms with Crippen LogP contribution < -0.4 is 11.1 Å². The fourth-order valence-electron chi connectivity index (χ4n) is 2.14. The summed E-state index contributed by atoms with van der Waals surface area (Å²) in [4.78, 5) is 24.7. The number of carbonyl (C=O) groups is 2. The highest BCUT2D eigenvalue weighted by Crippen LogP contribution is 2.16. The van der Waals surface area contributed by atoms with E-state index in [9.17, 15) is 9.59 Å². The highest BCUT2D eigenvalue weighted by atomic mass is 16.5. The van der Waals surface area contributed by atoms with Crippen molar-refractivity contribution in [3.63, 3.8) is 0 Å². The Labute approximate surface area is 94.1 Å². The minimum Gasteiger partial charge on any atom is -0.378 e. The second kappa shape index (κ2) is 4.80. The molecule has 2 atom stereocenters. The fraction of sp³-hybridized carbons (Fsp3) is 0.800. The predicted octanol–water partition coefficient (Wildman–Crippen LogP) is -1.69. The first-order chi connectivity index (χ1) is 7.68. The number of hydrogen-bond acceptors (Lipinski definition) is 4. The lowest BCUT2D eigenvalue weighted by molar-refractivity contribution is -0.135. The number of likely N-dealkylation sites (tertiary alicyclic amines) is 1. The number of primary amides is 1. The number of nitrogens with zero attached hydrogens (tertiary/aromatic N) is 1. The maximum Gasteiger partial charge on any atom is 0.242 e. The molecule has 2 rings (SSSR count). The molecular weight excluding hydrogens is 210 g/mol. The number of ether oxygens (including phenoxy) is 1. The highest BCUT2D eigenvalue weighted by molar-refractivity contribution is 5.84. The van der Waals surface area contributed by atoms with Crippen molar-refractivity contribution in [2.75, 3.05) is 32.8 Å². The summed E-state index contributed by atoms with van der Waals surface area (Å²) < 4.78 is 5.24. The van der Waals surface area contributed by atoms with Crippen LogP contribution in [0.1, 0.15) is 6.42 Å². The molecule has 0 radical (unpaired) electrons. The second-order valence-electron chi connectivity index (χ2n) is 4.25. The largest absolute Gasteiger partial charge is 0.378 e. The molecule has 2 unspecified atom stereocenters. The third-order valence-electron chi connectivity index (χ3n) is 3.12. The number of amides is 2. The minimum absolute atomic E-state index is 0.0171. The van der Waals surface area contributed by atoms with Crippen LogP contribution in [0.4, 0.5) is 0 Å². The molecule has 16 heavy (non-hydrogen) atoms. The zero-order chi connectivity index (χ0) is 11.5. The molecule has 0 aromatic rings. The van der Waals surface area contributed by atoms with Crippen LogP contribution in [-0.2, 0) is 14.3 Å². The molecule has 90 valence electrons. The molecule has 2 aliphatic rings. The first kappa shape index (κ1) is 11.3. The zero-order valence-electron chi connectivity index (χ0n) is 9.15. The summed E-state index contributed by atoms with van der Waals surface area (Å²) in [6.45, 7) is 2.82. The van der Waals surface area contributed by atoms with Crippen molar-refractivity contribution in [1.82, 2.24) is 10.2 Å². The lowest BCUT2D eigenvalue weighted by Gasteiger charge is -2.27. The van der Waals surface area contributed by atoms with E-state index < -0.39 is 0 Å². The van der Waals surface area contributed by atoms with Gasteiger partial charge in [-0.05, 0) is 6.42 Å². The number of nitrogens with one attached hydrogen (secondary N) is 1. The molecule has 2 fully saturated rings. The summed E-state index contributed by atoms with van der Waals surface area (Å²) in [6, 6.07) is -0.264. The number of nitrogens with two attached hydrogens (primary N) is 1. The fourth-order valence-corrected chi connectivity index (χ4v) is 2.14. The van der Waals surface area contributed by atoms with E-state index in [0.717, 1.165) is 0 Å². The topological polar surface area (TPSA) is 84.7 Å². The number of hydrogen-bond donors (Lipinski definition) is 2. The Morgan fingerprint density at radius 3 is 2.81 bits per heavy atom. The van der Waals surface area contributed by atoms with Crippen molar-refractivity contribution < 1.29 is 14.3 Å². The van der Waals surface area contributed by atoms with E-state index in [-0.39, 0.29) is 23.8 Å². The molecule has 2 aliphatic heterocycles. The van der Waals surface area contributed by atoms with Crippen LogP contribution >= 0.6 is 0 Å². The van der Waals surface area contributed by atoms with E-state index in [4.69, 9.17) is 10.5 Å².